The molecule has 3 heteroatoms. The van der Waals surface area contributed by atoms with Crippen molar-refractivity contribution >= 4 is 0 Å². The Hall–Kier alpha value is -1.06. The summed E-state index contributed by atoms with van der Waals surface area (Å²) in [6.07, 6.45) is 3.81. The predicted octanol–water partition coefficient (Wildman–Crippen LogP) is 2.91. The summed E-state index contributed by atoms with van der Waals surface area (Å²) in [6, 6.07) is 8.51. The van der Waals surface area contributed by atoms with E-state index in [4.69, 9.17) is 9.47 Å². The van der Waals surface area contributed by atoms with Crippen LogP contribution in [0.15, 0.2) is 24.3 Å². The lowest BCUT2D eigenvalue weighted by molar-refractivity contribution is -0.0113. The Morgan fingerprint density at radius 2 is 2.22 bits per heavy atom. The minimum Gasteiger partial charge on any atom is -0.491 e. The zero-order valence-corrected chi connectivity index (χ0v) is 11.3. The molecule has 1 heterocycles. The maximum absolute atomic E-state index is 5.93. The van der Waals surface area contributed by atoms with Crippen molar-refractivity contribution in [2.75, 3.05) is 20.3 Å². The second-order valence-corrected chi connectivity index (χ2v) is 4.85. The monoisotopic (exact) mass is 249 g/mol. The molecular formula is C15H23NO2. The van der Waals surface area contributed by atoms with E-state index in [0.717, 1.165) is 18.8 Å². The molecule has 18 heavy (non-hydrogen) atoms. The summed E-state index contributed by atoms with van der Waals surface area (Å²) in [5.41, 5.74) is 1.20. The highest BCUT2D eigenvalue weighted by Crippen LogP contribution is 2.25. The van der Waals surface area contributed by atoms with E-state index < -0.39 is 0 Å². The lowest BCUT2D eigenvalue weighted by atomic mass is 10.1. The quantitative estimate of drug-likeness (QED) is 0.870. The van der Waals surface area contributed by atoms with Crippen LogP contribution in [0.4, 0.5) is 0 Å². The zero-order chi connectivity index (χ0) is 12.8. The first-order valence-corrected chi connectivity index (χ1v) is 6.82. The number of hydrogen-bond acceptors (Lipinski definition) is 3. The van der Waals surface area contributed by atoms with Gasteiger partial charge in [-0.25, -0.2) is 0 Å². The van der Waals surface area contributed by atoms with Crippen LogP contribution in [0.2, 0.25) is 0 Å². The molecule has 1 aliphatic rings. The first-order valence-electron chi connectivity index (χ1n) is 6.82. The van der Waals surface area contributed by atoms with E-state index in [1.165, 1.54) is 18.4 Å². The Labute approximate surface area is 109 Å². The van der Waals surface area contributed by atoms with Crippen LogP contribution in [-0.2, 0) is 4.74 Å². The van der Waals surface area contributed by atoms with Gasteiger partial charge in [0.1, 0.15) is 12.4 Å². The van der Waals surface area contributed by atoms with Gasteiger partial charge in [0, 0.05) is 18.2 Å². The molecule has 1 aliphatic heterocycles. The maximum Gasteiger partial charge on any atom is 0.124 e. The van der Waals surface area contributed by atoms with Gasteiger partial charge in [-0.15, -0.1) is 0 Å². The maximum atomic E-state index is 5.93. The molecule has 1 aromatic carbocycles. The molecule has 0 saturated carbocycles. The van der Waals surface area contributed by atoms with Gasteiger partial charge in [0.25, 0.3) is 0 Å². The van der Waals surface area contributed by atoms with Crippen molar-refractivity contribution in [2.45, 2.75) is 38.3 Å². The zero-order valence-electron chi connectivity index (χ0n) is 11.3. The molecule has 0 amide bonds. The Morgan fingerprint density at radius 3 is 2.94 bits per heavy atom. The van der Waals surface area contributed by atoms with Crippen molar-refractivity contribution in [3.63, 3.8) is 0 Å². The van der Waals surface area contributed by atoms with Crippen LogP contribution in [0.5, 0.6) is 5.75 Å². The third-order valence-corrected chi connectivity index (χ3v) is 3.52. The highest BCUT2D eigenvalue weighted by Gasteiger charge is 2.16. The van der Waals surface area contributed by atoms with Crippen LogP contribution in [-0.4, -0.2) is 26.4 Å². The van der Waals surface area contributed by atoms with Gasteiger partial charge in [-0.2, -0.15) is 0 Å². The van der Waals surface area contributed by atoms with Gasteiger partial charge in [-0.3, -0.25) is 0 Å². The number of nitrogens with one attached hydrogen (secondary N) is 1. The van der Waals surface area contributed by atoms with Crippen LogP contribution < -0.4 is 10.1 Å². The first-order chi connectivity index (χ1) is 8.81. The van der Waals surface area contributed by atoms with Gasteiger partial charge in [0.15, 0.2) is 0 Å². The lowest BCUT2D eigenvalue weighted by Gasteiger charge is -2.24. The molecule has 3 nitrogen and oxygen atoms in total. The summed E-state index contributed by atoms with van der Waals surface area (Å²) in [4.78, 5) is 0. The molecule has 2 unspecified atom stereocenters. The Morgan fingerprint density at radius 1 is 1.39 bits per heavy atom. The number of ether oxygens (including phenoxy) is 2. The molecule has 1 aromatic rings. The minimum atomic E-state index is 0.261. The number of benzene rings is 1. The topological polar surface area (TPSA) is 30.5 Å². The van der Waals surface area contributed by atoms with Gasteiger partial charge < -0.3 is 14.8 Å². The summed E-state index contributed by atoms with van der Waals surface area (Å²) >= 11 is 0. The Balaban J connectivity index is 1.95. The smallest absolute Gasteiger partial charge is 0.124 e. The third kappa shape index (κ3) is 3.47. The molecular weight excluding hydrogens is 226 g/mol. The third-order valence-electron chi connectivity index (χ3n) is 3.52. The highest BCUT2D eigenvalue weighted by molar-refractivity contribution is 5.35. The van der Waals surface area contributed by atoms with Crippen LogP contribution in [0.25, 0.3) is 0 Å². The van der Waals surface area contributed by atoms with Crippen LogP contribution in [0.1, 0.15) is 37.8 Å². The fourth-order valence-corrected chi connectivity index (χ4v) is 2.25. The van der Waals surface area contributed by atoms with Crippen molar-refractivity contribution in [1.29, 1.82) is 0 Å². The van der Waals surface area contributed by atoms with Crippen molar-refractivity contribution in [1.82, 2.24) is 5.32 Å². The average molecular weight is 249 g/mol. The van der Waals surface area contributed by atoms with E-state index in [2.05, 4.69) is 18.3 Å². The molecule has 0 aliphatic carbocycles. The molecule has 2 rings (SSSR count). The van der Waals surface area contributed by atoms with E-state index in [9.17, 15) is 0 Å². The molecule has 1 saturated heterocycles. The van der Waals surface area contributed by atoms with Crippen molar-refractivity contribution in [3.05, 3.63) is 29.8 Å². The molecule has 0 spiro atoms. The molecule has 0 aromatic heterocycles. The fourth-order valence-electron chi connectivity index (χ4n) is 2.25. The minimum absolute atomic E-state index is 0.261. The van der Waals surface area contributed by atoms with Gasteiger partial charge >= 0.3 is 0 Å². The van der Waals surface area contributed by atoms with Crippen molar-refractivity contribution in [2.24, 2.45) is 0 Å². The van der Waals surface area contributed by atoms with E-state index in [1.54, 1.807) is 0 Å². The van der Waals surface area contributed by atoms with E-state index in [0.29, 0.717) is 12.6 Å². The fraction of sp³-hybridized carbons (Fsp3) is 0.600. The molecule has 0 bridgehead atoms. The van der Waals surface area contributed by atoms with E-state index in [-0.39, 0.29) is 6.10 Å². The van der Waals surface area contributed by atoms with Gasteiger partial charge in [-0.05, 0) is 39.3 Å². The Kier molecular flexibility index (Phi) is 5.02. The van der Waals surface area contributed by atoms with Crippen LogP contribution in [0, 0.1) is 0 Å². The average Bonchev–Trinajstić information content (AvgIpc) is 2.45. The highest BCUT2D eigenvalue weighted by atomic mass is 16.5. The molecule has 1 fully saturated rings. The number of hydrogen-bond donors (Lipinski definition) is 1. The molecule has 1 N–H and O–H groups in total. The number of rotatable bonds is 5. The van der Waals surface area contributed by atoms with E-state index in [1.807, 2.05) is 25.2 Å². The summed E-state index contributed by atoms with van der Waals surface area (Å²) < 4.78 is 11.6. The van der Waals surface area contributed by atoms with Gasteiger partial charge in [0.05, 0.1) is 6.10 Å². The molecule has 0 radical (unpaired) electrons. The SMILES string of the molecule is CNC(C)c1ccccc1OCC1CCCCO1. The molecule has 2 atom stereocenters. The second kappa shape index (κ2) is 6.76. The predicted molar refractivity (Wildman–Crippen MR) is 73.0 cm³/mol. The first kappa shape index (κ1) is 13.4. The largest absolute Gasteiger partial charge is 0.491 e. The van der Waals surface area contributed by atoms with E-state index >= 15 is 0 Å². The van der Waals surface area contributed by atoms with Crippen molar-refractivity contribution < 1.29 is 9.47 Å². The normalized spacial score (nSPS) is 21.6. The Bertz CT molecular complexity index is 361. The number of para-hydroxylation sites is 1. The summed E-state index contributed by atoms with van der Waals surface area (Å²) in [5.74, 6) is 0.966. The van der Waals surface area contributed by atoms with Crippen LogP contribution in [0.3, 0.4) is 0 Å². The summed E-state index contributed by atoms with van der Waals surface area (Å²) in [6.45, 7) is 3.68. The van der Waals surface area contributed by atoms with Crippen LogP contribution >= 0.6 is 0 Å². The molecule has 100 valence electrons. The van der Waals surface area contributed by atoms with Gasteiger partial charge in [0.2, 0.25) is 0 Å². The standard InChI is InChI=1S/C15H23NO2/c1-12(16-2)14-8-3-4-9-15(14)18-11-13-7-5-6-10-17-13/h3-4,8-9,12-13,16H,5-7,10-11H2,1-2H3. The lowest BCUT2D eigenvalue weighted by Crippen LogP contribution is -2.26. The summed E-state index contributed by atoms with van der Waals surface area (Å²) in [7, 11) is 1.96. The summed E-state index contributed by atoms with van der Waals surface area (Å²) in [5, 5.41) is 3.25. The van der Waals surface area contributed by atoms with Crippen molar-refractivity contribution in [3.8, 4) is 5.75 Å². The van der Waals surface area contributed by atoms with Gasteiger partial charge in [-0.1, -0.05) is 18.2 Å². The second-order valence-electron chi connectivity index (χ2n) is 4.85.